The normalized spacial score (nSPS) is 17.4. The molecule has 1 aliphatic rings. The lowest BCUT2D eigenvalue weighted by Gasteiger charge is -2.28. The van der Waals surface area contributed by atoms with Crippen molar-refractivity contribution in [3.8, 4) is 0 Å². The van der Waals surface area contributed by atoms with Crippen molar-refractivity contribution in [3.05, 3.63) is 57.3 Å². The number of thiophene rings is 1. The van der Waals surface area contributed by atoms with Gasteiger partial charge in [-0.15, -0.1) is 0 Å². The van der Waals surface area contributed by atoms with Crippen LogP contribution in [-0.2, 0) is 17.1 Å². The zero-order valence-corrected chi connectivity index (χ0v) is 19.4. The first-order valence-corrected chi connectivity index (χ1v) is 12.0. The Morgan fingerprint density at radius 3 is 2.15 bits per heavy atom. The van der Waals surface area contributed by atoms with E-state index in [-0.39, 0.29) is 11.6 Å². The summed E-state index contributed by atoms with van der Waals surface area (Å²) in [4.78, 5) is 15.3. The van der Waals surface area contributed by atoms with Crippen molar-refractivity contribution in [1.29, 1.82) is 0 Å². The van der Waals surface area contributed by atoms with Gasteiger partial charge in [-0.05, 0) is 79.0 Å². The Morgan fingerprint density at radius 1 is 1.00 bits per heavy atom. The Bertz CT molecular complexity index is 907. The number of nitrogens with one attached hydrogen (secondary N) is 2. The van der Waals surface area contributed by atoms with E-state index >= 15 is 0 Å². The molecule has 1 fully saturated rings. The molecule has 0 bridgehead atoms. The molecule has 0 spiro atoms. The fourth-order valence-corrected chi connectivity index (χ4v) is 4.65. The second-order valence-corrected chi connectivity index (χ2v) is 9.20. The molecule has 1 aliphatic heterocycles. The summed E-state index contributed by atoms with van der Waals surface area (Å²) in [5.41, 5.74) is -2.40. The van der Waals surface area contributed by atoms with Gasteiger partial charge < -0.3 is 15.5 Å². The maximum Gasteiger partial charge on any atom is 0.416 e. The Labute approximate surface area is 198 Å². The SMILES string of the molecule is CC(NC(=O)[C@@H](NCCN1CCCCC1)c1ccsc1)c1cc(C(F)(F)F)cc(C(F)(F)F)c1. The lowest BCUT2D eigenvalue weighted by Crippen LogP contribution is -2.42. The number of hydrogen-bond donors (Lipinski definition) is 2. The lowest BCUT2D eigenvalue weighted by molar-refractivity contribution is -0.143. The minimum atomic E-state index is -4.95. The molecule has 1 amide bonds. The van der Waals surface area contributed by atoms with Crippen LogP contribution in [0.25, 0.3) is 0 Å². The largest absolute Gasteiger partial charge is 0.416 e. The van der Waals surface area contributed by atoms with Gasteiger partial charge in [0.2, 0.25) is 5.91 Å². The number of amides is 1. The molecule has 0 aliphatic carbocycles. The third kappa shape index (κ3) is 7.19. The summed E-state index contributed by atoms with van der Waals surface area (Å²) < 4.78 is 79.2. The van der Waals surface area contributed by atoms with E-state index in [1.165, 1.54) is 24.7 Å². The third-order valence-electron chi connectivity index (χ3n) is 5.83. The first-order chi connectivity index (χ1) is 15.9. The van der Waals surface area contributed by atoms with Gasteiger partial charge in [0.25, 0.3) is 0 Å². The quantitative estimate of drug-likeness (QED) is 0.446. The number of carbonyl (C=O) groups excluding carboxylic acids is 1. The van der Waals surface area contributed by atoms with E-state index in [1.807, 2.05) is 0 Å². The second kappa shape index (κ2) is 11.1. The molecule has 0 radical (unpaired) electrons. The lowest BCUT2D eigenvalue weighted by atomic mass is 9.99. The molecule has 11 heteroatoms. The fourth-order valence-electron chi connectivity index (χ4n) is 3.96. The first-order valence-electron chi connectivity index (χ1n) is 11.0. The minimum absolute atomic E-state index is 0.0777. The third-order valence-corrected chi connectivity index (χ3v) is 6.53. The van der Waals surface area contributed by atoms with Crippen molar-refractivity contribution in [1.82, 2.24) is 15.5 Å². The molecule has 34 heavy (non-hydrogen) atoms. The van der Waals surface area contributed by atoms with Crippen LogP contribution in [0.5, 0.6) is 0 Å². The first kappa shape index (κ1) is 26.5. The highest BCUT2D eigenvalue weighted by Crippen LogP contribution is 2.37. The Kier molecular flexibility index (Phi) is 8.64. The van der Waals surface area contributed by atoms with Gasteiger partial charge in [0.1, 0.15) is 6.04 Å². The van der Waals surface area contributed by atoms with E-state index < -0.39 is 41.5 Å². The Balaban J connectivity index is 1.74. The van der Waals surface area contributed by atoms with Crippen molar-refractivity contribution >= 4 is 17.2 Å². The molecular formula is C23H27F6N3OS. The second-order valence-electron chi connectivity index (χ2n) is 8.42. The average molecular weight is 508 g/mol. The molecular weight excluding hydrogens is 480 g/mol. The monoisotopic (exact) mass is 507 g/mol. The van der Waals surface area contributed by atoms with Gasteiger partial charge >= 0.3 is 12.4 Å². The summed E-state index contributed by atoms with van der Waals surface area (Å²) in [5, 5.41) is 9.36. The average Bonchev–Trinajstić information content (AvgIpc) is 3.30. The topological polar surface area (TPSA) is 44.4 Å². The number of carbonyl (C=O) groups is 1. The summed E-state index contributed by atoms with van der Waals surface area (Å²) in [5.74, 6) is -0.518. The van der Waals surface area contributed by atoms with Crippen LogP contribution in [0, 0.1) is 0 Å². The summed E-state index contributed by atoms with van der Waals surface area (Å²) in [6.07, 6.45) is -6.44. The predicted molar refractivity (Wildman–Crippen MR) is 118 cm³/mol. The van der Waals surface area contributed by atoms with Gasteiger partial charge in [-0.1, -0.05) is 6.42 Å². The van der Waals surface area contributed by atoms with Crippen molar-refractivity contribution in [2.45, 2.75) is 50.6 Å². The van der Waals surface area contributed by atoms with Crippen molar-refractivity contribution in [2.24, 2.45) is 0 Å². The predicted octanol–water partition coefficient (Wildman–Crippen LogP) is 5.78. The number of piperidine rings is 1. The van der Waals surface area contributed by atoms with E-state index in [0.717, 1.165) is 32.5 Å². The van der Waals surface area contributed by atoms with E-state index in [1.54, 1.807) is 16.8 Å². The molecule has 3 rings (SSSR count). The van der Waals surface area contributed by atoms with E-state index in [4.69, 9.17) is 0 Å². The molecule has 1 unspecified atom stereocenters. The molecule has 2 heterocycles. The molecule has 4 nitrogen and oxygen atoms in total. The van der Waals surface area contributed by atoms with Crippen LogP contribution in [0.3, 0.4) is 0 Å². The molecule has 2 atom stereocenters. The van der Waals surface area contributed by atoms with Crippen LogP contribution < -0.4 is 10.6 Å². The zero-order chi connectivity index (χ0) is 24.9. The van der Waals surface area contributed by atoms with Gasteiger partial charge in [-0.3, -0.25) is 4.79 Å². The molecule has 0 saturated carbocycles. The number of rotatable bonds is 8. The number of benzene rings is 1. The van der Waals surface area contributed by atoms with E-state index in [2.05, 4.69) is 15.5 Å². The van der Waals surface area contributed by atoms with Crippen molar-refractivity contribution in [2.75, 3.05) is 26.2 Å². The van der Waals surface area contributed by atoms with Crippen LogP contribution in [-0.4, -0.2) is 37.0 Å². The number of alkyl halides is 6. The van der Waals surface area contributed by atoms with Crippen LogP contribution in [0.15, 0.2) is 35.0 Å². The molecule has 1 aromatic carbocycles. The molecule has 1 saturated heterocycles. The van der Waals surface area contributed by atoms with Crippen molar-refractivity contribution < 1.29 is 31.1 Å². The van der Waals surface area contributed by atoms with Gasteiger partial charge in [-0.25, -0.2) is 0 Å². The zero-order valence-electron chi connectivity index (χ0n) is 18.6. The number of hydrogen-bond acceptors (Lipinski definition) is 4. The standard InChI is InChI=1S/C23H27F6N3OS/c1-15(17-11-18(22(24,25)26)13-19(12-17)23(27,28)29)31-21(33)20(16-5-10-34-14-16)30-6-9-32-7-3-2-4-8-32/h5,10-15,20,30H,2-4,6-9H2,1H3,(H,31,33)/t15?,20-/m0/s1. The van der Waals surface area contributed by atoms with Crippen LogP contribution in [0.2, 0.25) is 0 Å². The molecule has 2 N–H and O–H groups in total. The van der Waals surface area contributed by atoms with E-state index in [9.17, 15) is 31.1 Å². The molecule has 188 valence electrons. The Morgan fingerprint density at radius 2 is 1.62 bits per heavy atom. The van der Waals surface area contributed by atoms with Crippen LogP contribution in [0.1, 0.15) is 60.5 Å². The highest BCUT2D eigenvalue weighted by atomic mass is 32.1. The van der Waals surface area contributed by atoms with Gasteiger partial charge in [-0.2, -0.15) is 37.7 Å². The Hall–Kier alpha value is -2.11. The summed E-state index contributed by atoms with van der Waals surface area (Å²) in [6, 6.07) is 1.29. The molecule has 1 aromatic heterocycles. The maximum atomic E-state index is 13.2. The van der Waals surface area contributed by atoms with Gasteiger partial charge in [0.15, 0.2) is 0 Å². The summed E-state index contributed by atoms with van der Waals surface area (Å²) >= 11 is 1.39. The van der Waals surface area contributed by atoms with Crippen LogP contribution >= 0.6 is 11.3 Å². The minimum Gasteiger partial charge on any atom is -0.348 e. The van der Waals surface area contributed by atoms with E-state index in [0.29, 0.717) is 24.2 Å². The van der Waals surface area contributed by atoms with Crippen LogP contribution in [0.4, 0.5) is 26.3 Å². The number of likely N-dealkylation sites (tertiary alicyclic amines) is 1. The number of halogens is 6. The fraction of sp³-hybridized carbons (Fsp3) is 0.522. The summed E-state index contributed by atoms with van der Waals surface area (Å²) in [7, 11) is 0. The van der Waals surface area contributed by atoms with Gasteiger partial charge in [0.05, 0.1) is 17.2 Å². The van der Waals surface area contributed by atoms with Crippen molar-refractivity contribution in [3.63, 3.8) is 0 Å². The molecule has 2 aromatic rings. The van der Waals surface area contributed by atoms with Gasteiger partial charge in [0, 0.05) is 13.1 Å². The smallest absolute Gasteiger partial charge is 0.348 e. The maximum absolute atomic E-state index is 13.2. The highest BCUT2D eigenvalue weighted by Gasteiger charge is 2.37. The summed E-state index contributed by atoms with van der Waals surface area (Å²) in [6.45, 7) is 4.61. The number of nitrogens with zero attached hydrogens (tertiary/aromatic N) is 1. The highest BCUT2D eigenvalue weighted by molar-refractivity contribution is 7.08.